The molecule has 0 aliphatic heterocycles. The monoisotopic (exact) mass is 326 g/mol. The van der Waals surface area contributed by atoms with Crippen molar-refractivity contribution in [3.8, 4) is 5.75 Å². The molecule has 1 aromatic carbocycles. The summed E-state index contributed by atoms with van der Waals surface area (Å²) in [5.74, 6) is 1.11. The summed E-state index contributed by atoms with van der Waals surface area (Å²) in [6.07, 6.45) is 4.49. The summed E-state index contributed by atoms with van der Waals surface area (Å²) in [5.41, 5.74) is 6.97. The molecule has 0 spiro atoms. The summed E-state index contributed by atoms with van der Waals surface area (Å²) in [5, 5.41) is 3.14. The van der Waals surface area contributed by atoms with Gasteiger partial charge in [-0.25, -0.2) is 0 Å². The molecule has 1 aromatic rings. The number of methoxy groups -OCH3 is 1. The van der Waals surface area contributed by atoms with Crippen LogP contribution in [0.2, 0.25) is 0 Å². The molecule has 0 saturated heterocycles. The second-order valence-corrected chi connectivity index (χ2v) is 6.03. The number of ether oxygens (including phenoxy) is 1. The fourth-order valence-electron chi connectivity index (χ4n) is 3.01. The van der Waals surface area contributed by atoms with E-state index in [4.69, 9.17) is 10.5 Å². The van der Waals surface area contributed by atoms with Gasteiger partial charge < -0.3 is 15.8 Å². The van der Waals surface area contributed by atoms with E-state index in [1.54, 1.807) is 7.11 Å². The van der Waals surface area contributed by atoms with Gasteiger partial charge in [-0.3, -0.25) is 4.79 Å². The Morgan fingerprint density at radius 1 is 1.32 bits per heavy atom. The molecule has 124 valence electrons. The lowest BCUT2D eigenvalue weighted by molar-refractivity contribution is -0.122. The molecule has 1 unspecified atom stereocenters. The van der Waals surface area contributed by atoms with E-state index in [-0.39, 0.29) is 24.2 Å². The van der Waals surface area contributed by atoms with Gasteiger partial charge >= 0.3 is 0 Å². The number of carbonyl (C=O) groups is 1. The van der Waals surface area contributed by atoms with Crippen molar-refractivity contribution in [2.75, 3.05) is 7.11 Å². The standard InChI is InChI=1S/C17H26N2O2.ClH/c1-12(15-5-3-4-6-16(15)21-2)11-17(20)19-14-9-7-13(18)8-10-14;/h3-6,12-14H,7-11,18H2,1-2H3,(H,19,20);1H. The second kappa shape index (κ2) is 9.01. The lowest BCUT2D eigenvalue weighted by Crippen LogP contribution is -2.40. The molecule has 0 heterocycles. The number of rotatable bonds is 5. The summed E-state index contributed by atoms with van der Waals surface area (Å²) >= 11 is 0. The molecule has 1 fully saturated rings. The summed E-state index contributed by atoms with van der Waals surface area (Å²) in [7, 11) is 1.66. The number of hydrogen-bond donors (Lipinski definition) is 2. The molecule has 1 aliphatic rings. The Hall–Kier alpha value is -1.26. The van der Waals surface area contributed by atoms with Crippen LogP contribution in [0.5, 0.6) is 5.75 Å². The third-order valence-corrected chi connectivity index (χ3v) is 4.30. The van der Waals surface area contributed by atoms with Gasteiger partial charge in [0.2, 0.25) is 5.91 Å². The SMILES string of the molecule is COc1ccccc1C(C)CC(=O)NC1CCC(N)CC1.Cl. The van der Waals surface area contributed by atoms with Crippen LogP contribution in [-0.4, -0.2) is 25.1 Å². The van der Waals surface area contributed by atoms with Gasteiger partial charge in [0.1, 0.15) is 5.75 Å². The zero-order chi connectivity index (χ0) is 15.2. The number of nitrogens with one attached hydrogen (secondary N) is 1. The third kappa shape index (κ3) is 5.18. The Morgan fingerprint density at radius 3 is 2.59 bits per heavy atom. The van der Waals surface area contributed by atoms with E-state index in [0.717, 1.165) is 37.0 Å². The molecule has 1 aliphatic carbocycles. The minimum absolute atomic E-state index is 0. The number of carbonyl (C=O) groups excluding carboxylic acids is 1. The molecule has 22 heavy (non-hydrogen) atoms. The van der Waals surface area contributed by atoms with Crippen LogP contribution in [0.1, 0.15) is 50.5 Å². The first-order valence-corrected chi connectivity index (χ1v) is 7.78. The minimum atomic E-state index is 0. The first-order chi connectivity index (χ1) is 10.1. The molecule has 2 rings (SSSR count). The van der Waals surface area contributed by atoms with Gasteiger partial charge in [-0.2, -0.15) is 0 Å². The van der Waals surface area contributed by atoms with Gasteiger partial charge in [0.05, 0.1) is 7.11 Å². The number of halogens is 1. The highest BCUT2D eigenvalue weighted by atomic mass is 35.5. The van der Waals surface area contributed by atoms with Crippen molar-refractivity contribution < 1.29 is 9.53 Å². The van der Waals surface area contributed by atoms with Gasteiger partial charge in [-0.1, -0.05) is 25.1 Å². The zero-order valence-corrected chi connectivity index (χ0v) is 14.2. The smallest absolute Gasteiger partial charge is 0.220 e. The highest BCUT2D eigenvalue weighted by Gasteiger charge is 2.21. The Labute approximate surface area is 139 Å². The molecule has 3 N–H and O–H groups in total. The summed E-state index contributed by atoms with van der Waals surface area (Å²) in [4.78, 5) is 12.2. The van der Waals surface area contributed by atoms with E-state index in [1.165, 1.54) is 0 Å². The Bertz CT molecular complexity index is 473. The fourth-order valence-corrected chi connectivity index (χ4v) is 3.01. The molecule has 0 radical (unpaired) electrons. The highest BCUT2D eigenvalue weighted by Crippen LogP contribution is 2.28. The second-order valence-electron chi connectivity index (χ2n) is 6.03. The van der Waals surface area contributed by atoms with E-state index in [1.807, 2.05) is 24.3 Å². The van der Waals surface area contributed by atoms with Crippen molar-refractivity contribution in [2.24, 2.45) is 5.73 Å². The fraction of sp³-hybridized carbons (Fsp3) is 0.588. The van der Waals surface area contributed by atoms with Crippen LogP contribution in [0.15, 0.2) is 24.3 Å². The molecule has 1 amide bonds. The Kier molecular flexibility index (Phi) is 7.69. The van der Waals surface area contributed by atoms with Crippen molar-refractivity contribution >= 4 is 18.3 Å². The lowest BCUT2D eigenvalue weighted by Gasteiger charge is -2.27. The third-order valence-electron chi connectivity index (χ3n) is 4.30. The topological polar surface area (TPSA) is 64.3 Å². The maximum Gasteiger partial charge on any atom is 0.220 e. The molecule has 0 aromatic heterocycles. The largest absolute Gasteiger partial charge is 0.496 e. The molecule has 1 atom stereocenters. The van der Waals surface area contributed by atoms with Gasteiger partial charge in [0.15, 0.2) is 0 Å². The zero-order valence-electron chi connectivity index (χ0n) is 13.4. The predicted octanol–water partition coefficient (Wildman–Crippen LogP) is 3.00. The van der Waals surface area contributed by atoms with Crippen LogP contribution in [0, 0.1) is 0 Å². The summed E-state index contributed by atoms with van der Waals surface area (Å²) in [6, 6.07) is 8.49. The average Bonchev–Trinajstić information content (AvgIpc) is 2.49. The van der Waals surface area contributed by atoms with Crippen molar-refractivity contribution in [2.45, 2.75) is 57.0 Å². The molecule has 5 heteroatoms. The van der Waals surface area contributed by atoms with Gasteiger partial charge in [0, 0.05) is 18.5 Å². The van der Waals surface area contributed by atoms with Crippen LogP contribution < -0.4 is 15.8 Å². The quantitative estimate of drug-likeness (QED) is 0.874. The minimum Gasteiger partial charge on any atom is -0.496 e. The van der Waals surface area contributed by atoms with Gasteiger partial charge in [-0.15, -0.1) is 12.4 Å². The van der Waals surface area contributed by atoms with Crippen LogP contribution in [0.3, 0.4) is 0 Å². The van der Waals surface area contributed by atoms with E-state index >= 15 is 0 Å². The van der Waals surface area contributed by atoms with Crippen molar-refractivity contribution in [1.29, 1.82) is 0 Å². The molecular formula is C17H27ClN2O2. The highest BCUT2D eigenvalue weighted by molar-refractivity contribution is 5.85. The predicted molar refractivity (Wildman–Crippen MR) is 91.6 cm³/mol. The van der Waals surface area contributed by atoms with Gasteiger partial charge in [0.25, 0.3) is 0 Å². The Balaban J connectivity index is 0.00000242. The summed E-state index contributed by atoms with van der Waals surface area (Å²) in [6.45, 7) is 2.06. The van der Waals surface area contributed by atoms with Crippen LogP contribution >= 0.6 is 12.4 Å². The summed E-state index contributed by atoms with van der Waals surface area (Å²) < 4.78 is 5.36. The molecule has 4 nitrogen and oxygen atoms in total. The molecule has 0 bridgehead atoms. The number of para-hydroxylation sites is 1. The van der Waals surface area contributed by atoms with Crippen LogP contribution in [0.25, 0.3) is 0 Å². The van der Waals surface area contributed by atoms with E-state index in [9.17, 15) is 4.79 Å². The average molecular weight is 327 g/mol. The van der Waals surface area contributed by atoms with Gasteiger partial charge in [-0.05, 0) is 43.2 Å². The van der Waals surface area contributed by atoms with E-state index in [0.29, 0.717) is 18.5 Å². The number of nitrogens with two attached hydrogens (primary N) is 1. The maximum atomic E-state index is 12.2. The van der Waals surface area contributed by atoms with Crippen LogP contribution in [-0.2, 0) is 4.79 Å². The van der Waals surface area contributed by atoms with Crippen molar-refractivity contribution in [3.63, 3.8) is 0 Å². The first-order valence-electron chi connectivity index (χ1n) is 7.78. The normalized spacial score (nSPS) is 22.3. The maximum absolute atomic E-state index is 12.2. The lowest BCUT2D eigenvalue weighted by atomic mass is 9.91. The molecular weight excluding hydrogens is 300 g/mol. The first kappa shape index (κ1) is 18.8. The number of benzene rings is 1. The number of hydrogen-bond acceptors (Lipinski definition) is 3. The molecule has 1 saturated carbocycles. The number of amides is 1. The van der Waals surface area contributed by atoms with Crippen molar-refractivity contribution in [1.82, 2.24) is 5.32 Å². The van der Waals surface area contributed by atoms with E-state index in [2.05, 4.69) is 12.2 Å². The van der Waals surface area contributed by atoms with Crippen molar-refractivity contribution in [3.05, 3.63) is 29.8 Å². The van der Waals surface area contributed by atoms with Crippen LogP contribution in [0.4, 0.5) is 0 Å². The Morgan fingerprint density at radius 2 is 1.95 bits per heavy atom. The van der Waals surface area contributed by atoms with E-state index < -0.39 is 0 Å².